The molecule has 76 valence electrons. The number of nitrogens with zero attached hydrogens (tertiary/aromatic N) is 2. The van der Waals surface area contributed by atoms with E-state index in [0.29, 0.717) is 5.56 Å². The van der Waals surface area contributed by atoms with Gasteiger partial charge < -0.3 is 0 Å². The third kappa shape index (κ3) is 2.07. The number of halogens is 1. The molecule has 0 aliphatic rings. The Balaban J connectivity index is 2.45. The Morgan fingerprint density at radius 1 is 1.40 bits per heavy atom. The summed E-state index contributed by atoms with van der Waals surface area (Å²) in [6, 6.07) is 7.17. The predicted molar refractivity (Wildman–Crippen MR) is 58.8 cm³/mol. The maximum absolute atomic E-state index is 11.0. The summed E-state index contributed by atoms with van der Waals surface area (Å²) < 4.78 is 1.71. The lowest BCUT2D eigenvalue weighted by atomic mass is 10.1. The first kappa shape index (κ1) is 9.93. The Bertz CT molecular complexity index is 505. The van der Waals surface area contributed by atoms with Gasteiger partial charge in [-0.3, -0.25) is 9.48 Å². The van der Waals surface area contributed by atoms with E-state index in [2.05, 4.69) is 5.10 Å². The number of benzene rings is 1. The van der Waals surface area contributed by atoms with E-state index in [-0.39, 0.29) is 0 Å². The van der Waals surface area contributed by atoms with E-state index in [1.165, 1.54) is 0 Å². The second-order valence-electron chi connectivity index (χ2n) is 3.26. The van der Waals surface area contributed by atoms with E-state index in [1.54, 1.807) is 29.1 Å². The Labute approximate surface area is 92.3 Å². The number of rotatable bonds is 2. The molecule has 1 aromatic heterocycles. The molecule has 1 aromatic carbocycles. The fourth-order valence-corrected chi connectivity index (χ4v) is 1.51. The summed E-state index contributed by atoms with van der Waals surface area (Å²) in [5.41, 5.74) is 2.41. The minimum Gasteiger partial charge on any atom is -0.276 e. The number of aryl methyl sites for hydroxylation is 1. The molecule has 3 nitrogen and oxygen atoms in total. The van der Waals surface area contributed by atoms with Crippen molar-refractivity contribution >= 4 is 16.8 Å². The SMILES string of the molecule is Cn1cc(-c2cccc(C(=O)Cl)c2)cn1. The van der Waals surface area contributed by atoms with Crippen molar-refractivity contribution in [2.45, 2.75) is 0 Å². The van der Waals surface area contributed by atoms with Crippen LogP contribution in [0.25, 0.3) is 11.1 Å². The molecule has 0 radical (unpaired) electrons. The summed E-state index contributed by atoms with van der Waals surface area (Å²) in [6.45, 7) is 0. The van der Waals surface area contributed by atoms with Gasteiger partial charge in [0.25, 0.3) is 5.24 Å². The smallest absolute Gasteiger partial charge is 0.252 e. The minimum atomic E-state index is -0.444. The first-order valence-electron chi connectivity index (χ1n) is 4.46. The van der Waals surface area contributed by atoms with Gasteiger partial charge in [0.1, 0.15) is 0 Å². The van der Waals surface area contributed by atoms with Crippen LogP contribution in [-0.2, 0) is 7.05 Å². The monoisotopic (exact) mass is 220 g/mol. The predicted octanol–water partition coefficient (Wildman–Crippen LogP) is 2.47. The van der Waals surface area contributed by atoms with Crippen molar-refractivity contribution in [3.05, 3.63) is 42.2 Å². The van der Waals surface area contributed by atoms with E-state index in [4.69, 9.17) is 11.6 Å². The van der Waals surface area contributed by atoms with Gasteiger partial charge in [-0.15, -0.1) is 0 Å². The van der Waals surface area contributed by atoms with Crippen LogP contribution in [0, 0.1) is 0 Å². The Kier molecular flexibility index (Phi) is 2.56. The van der Waals surface area contributed by atoms with Crippen LogP contribution in [0.5, 0.6) is 0 Å². The zero-order chi connectivity index (χ0) is 10.8. The zero-order valence-corrected chi connectivity index (χ0v) is 8.90. The molecule has 0 fully saturated rings. The molecular formula is C11H9ClN2O. The summed E-state index contributed by atoms with van der Waals surface area (Å²) in [4.78, 5) is 11.0. The van der Waals surface area contributed by atoms with Crippen LogP contribution in [0.4, 0.5) is 0 Å². The van der Waals surface area contributed by atoms with Gasteiger partial charge in [-0.2, -0.15) is 5.10 Å². The standard InChI is InChI=1S/C11H9ClN2O/c1-14-7-10(6-13-14)8-3-2-4-9(5-8)11(12)15/h2-7H,1H3. The number of hydrogen-bond donors (Lipinski definition) is 0. The highest BCUT2D eigenvalue weighted by atomic mass is 35.5. The van der Waals surface area contributed by atoms with Gasteiger partial charge in [0.15, 0.2) is 0 Å². The lowest BCUT2D eigenvalue weighted by molar-refractivity contribution is 0.108. The van der Waals surface area contributed by atoms with Crippen LogP contribution in [-0.4, -0.2) is 15.0 Å². The van der Waals surface area contributed by atoms with Crippen LogP contribution < -0.4 is 0 Å². The number of aromatic nitrogens is 2. The maximum atomic E-state index is 11.0. The maximum Gasteiger partial charge on any atom is 0.252 e. The van der Waals surface area contributed by atoms with E-state index < -0.39 is 5.24 Å². The minimum absolute atomic E-state index is 0.444. The molecule has 0 unspecified atom stereocenters. The lowest BCUT2D eigenvalue weighted by Gasteiger charge is -1.98. The molecule has 1 heterocycles. The zero-order valence-electron chi connectivity index (χ0n) is 8.14. The highest BCUT2D eigenvalue weighted by molar-refractivity contribution is 6.67. The van der Waals surface area contributed by atoms with Crippen LogP contribution in [0.2, 0.25) is 0 Å². The normalized spacial score (nSPS) is 10.3. The first-order valence-corrected chi connectivity index (χ1v) is 4.83. The molecular weight excluding hydrogens is 212 g/mol. The van der Waals surface area contributed by atoms with E-state index in [9.17, 15) is 4.79 Å². The molecule has 0 atom stereocenters. The quantitative estimate of drug-likeness (QED) is 0.729. The van der Waals surface area contributed by atoms with Crippen LogP contribution in [0.1, 0.15) is 10.4 Å². The van der Waals surface area contributed by atoms with Gasteiger partial charge in [-0.05, 0) is 23.2 Å². The van der Waals surface area contributed by atoms with Gasteiger partial charge in [-0.1, -0.05) is 18.2 Å². The molecule has 0 saturated heterocycles. The van der Waals surface area contributed by atoms with E-state index in [1.807, 2.05) is 19.3 Å². The van der Waals surface area contributed by atoms with Gasteiger partial charge in [0, 0.05) is 24.4 Å². The van der Waals surface area contributed by atoms with Gasteiger partial charge >= 0.3 is 0 Å². The third-order valence-electron chi connectivity index (χ3n) is 2.13. The van der Waals surface area contributed by atoms with E-state index in [0.717, 1.165) is 11.1 Å². The highest BCUT2D eigenvalue weighted by Gasteiger charge is 2.04. The van der Waals surface area contributed by atoms with Crippen molar-refractivity contribution in [3.8, 4) is 11.1 Å². The molecule has 0 saturated carbocycles. The largest absolute Gasteiger partial charge is 0.276 e. The van der Waals surface area contributed by atoms with Gasteiger partial charge in [0.2, 0.25) is 0 Å². The lowest BCUT2D eigenvalue weighted by Crippen LogP contribution is -1.88. The molecule has 2 rings (SSSR count). The molecule has 4 heteroatoms. The molecule has 0 bridgehead atoms. The Morgan fingerprint density at radius 2 is 2.20 bits per heavy atom. The second-order valence-corrected chi connectivity index (χ2v) is 3.60. The van der Waals surface area contributed by atoms with Crippen molar-refractivity contribution in [2.75, 3.05) is 0 Å². The molecule has 0 aliphatic heterocycles. The van der Waals surface area contributed by atoms with Crippen molar-refractivity contribution in [1.82, 2.24) is 9.78 Å². The molecule has 15 heavy (non-hydrogen) atoms. The van der Waals surface area contributed by atoms with Crippen molar-refractivity contribution in [2.24, 2.45) is 7.05 Å². The van der Waals surface area contributed by atoms with Crippen molar-refractivity contribution in [3.63, 3.8) is 0 Å². The average molecular weight is 221 g/mol. The summed E-state index contributed by atoms with van der Waals surface area (Å²) in [6.07, 6.45) is 3.63. The third-order valence-corrected chi connectivity index (χ3v) is 2.35. The van der Waals surface area contributed by atoms with Crippen molar-refractivity contribution < 1.29 is 4.79 Å². The highest BCUT2D eigenvalue weighted by Crippen LogP contribution is 2.20. The summed E-state index contributed by atoms with van der Waals surface area (Å²) >= 11 is 5.41. The molecule has 0 amide bonds. The second kappa shape index (κ2) is 3.87. The van der Waals surface area contributed by atoms with Gasteiger partial charge in [0.05, 0.1) is 6.20 Å². The van der Waals surface area contributed by atoms with Gasteiger partial charge in [-0.25, -0.2) is 0 Å². The Morgan fingerprint density at radius 3 is 2.80 bits per heavy atom. The molecule has 0 aliphatic carbocycles. The molecule has 2 aromatic rings. The number of carbonyl (C=O) groups is 1. The van der Waals surface area contributed by atoms with Crippen LogP contribution >= 0.6 is 11.6 Å². The average Bonchev–Trinajstić information content (AvgIpc) is 2.65. The fraction of sp³-hybridized carbons (Fsp3) is 0.0909. The molecule has 0 N–H and O–H groups in total. The summed E-state index contributed by atoms with van der Waals surface area (Å²) in [7, 11) is 1.85. The summed E-state index contributed by atoms with van der Waals surface area (Å²) in [5, 5.41) is 3.62. The Hall–Kier alpha value is -1.61. The first-order chi connectivity index (χ1) is 7.16. The summed E-state index contributed by atoms with van der Waals surface area (Å²) in [5.74, 6) is 0. The van der Waals surface area contributed by atoms with Crippen molar-refractivity contribution in [1.29, 1.82) is 0 Å². The van der Waals surface area contributed by atoms with Crippen LogP contribution in [0.3, 0.4) is 0 Å². The van der Waals surface area contributed by atoms with Crippen LogP contribution in [0.15, 0.2) is 36.7 Å². The topological polar surface area (TPSA) is 34.9 Å². The van der Waals surface area contributed by atoms with E-state index >= 15 is 0 Å². The number of hydrogen-bond acceptors (Lipinski definition) is 2. The number of carbonyl (C=O) groups excluding carboxylic acids is 1. The fourth-order valence-electron chi connectivity index (χ4n) is 1.39. The molecule has 0 spiro atoms.